The van der Waals surface area contributed by atoms with Crippen LogP contribution in [0.25, 0.3) is 0 Å². The highest BCUT2D eigenvalue weighted by atomic mass is 31.1. The second kappa shape index (κ2) is 4.02. The third kappa shape index (κ3) is 2.96. The van der Waals surface area contributed by atoms with Gasteiger partial charge in [-0.15, -0.1) is 0 Å². The zero-order valence-corrected chi connectivity index (χ0v) is 12.7. The van der Waals surface area contributed by atoms with Gasteiger partial charge in [0.05, 0.1) is 0 Å². The molecule has 0 nitrogen and oxygen atoms in total. The fourth-order valence-electron chi connectivity index (χ4n) is 3.97. The minimum absolute atomic E-state index is 0.0741. The van der Waals surface area contributed by atoms with Gasteiger partial charge in [0, 0.05) is 0 Å². The predicted molar refractivity (Wildman–Crippen MR) is 73.3 cm³/mol. The smallest absolute Gasteiger partial charge is 0.0142 e. The van der Waals surface area contributed by atoms with Crippen molar-refractivity contribution in [2.45, 2.75) is 89.6 Å². The van der Waals surface area contributed by atoms with E-state index in [0.29, 0.717) is 15.5 Å². The van der Waals surface area contributed by atoms with Crippen molar-refractivity contribution in [3.8, 4) is 0 Å². The van der Waals surface area contributed by atoms with Crippen molar-refractivity contribution >= 4 is 7.92 Å². The van der Waals surface area contributed by atoms with E-state index in [1.807, 2.05) is 0 Å². The molecule has 0 aromatic carbocycles. The molecule has 0 bridgehead atoms. The maximum Gasteiger partial charge on any atom is -0.0142 e. The molecule has 0 aromatic rings. The van der Waals surface area contributed by atoms with Crippen molar-refractivity contribution in [2.75, 3.05) is 0 Å². The van der Waals surface area contributed by atoms with Gasteiger partial charge in [-0.1, -0.05) is 69.2 Å². The Labute approximate surface area is 98.0 Å². The summed E-state index contributed by atoms with van der Waals surface area (Å²) >= 11 is 0. The van der Waals surface area contributed by atoms with Crippen LogP contribution in [-0.4, -0.2) is 15.5 Å². The average molecular weight is 228 g/mol. The third-order valence-electron chi connectivity index (χ3n) is 3.71. The molecule has 15 heavy (non-hydrogen) atoms. The molecule has 1 aliphatic heterocycles. The van der Waals surface area contributed by atoms with Crippen molar-refractivity contribution in [1.82, 2.24) is 0 Å². The Morgan fingerprint density at radius 3 is 1.40 bits per heavy atom. The largest absolute Gasteiger partial charge is 0.0895 e. The van der Waals surface area contributed by atoms with Crippen molar-refractivity contribution in [3.05, 3.63) is 0 Å². The molecule has 1 saturated heterocycles. The van der Waals surface area contributed by atoms with Crippen molar-refractivity contribution in [1.29, 1.82) is 0 Å². The Hall–Kier alpha value is 0.430. The van der Waals surface area contributed by atoms with Crippen LogP contribution in [0.2, 0.25) is 0 Å². The molecule has 0 unspecified atom stereocenters. The molecule has 1 fully saturated rings. The van der Waals surface area contributed by atoms with Gasteiger partial charge in [0.15, 0.2) is 0 Å². The molecule has 0 amide bonds. The first-order chi connectivity index (χ1) is 6.57. The molecular weight excluding hydrogens is 199 g/mol. The second-order valence-corrected chi connectivity index (χ2v) is 11.8. The highest BCUT2D eigenvalue weighted by molar-refractivity contribution is 7.62. The highest BCUT2D eigenvalue weighted by Gasteiger charge is 2.47. The number of hydrogen-bond donors (Lipinski definition) is 0. The van der Waals surface area contributed by atoms with Gasteiger partial charge in [0.25, 0.3) is 0 Å². The molecule has 0 aliphatic carbocycles. The topological polar surface area (TPSA) is 0 Å². The summed E-state index contributed by atoms with van der Waals surface area (Å²) < 4.78 is 0. The molecule has 0 spiro atoms. The van der Waals surface area contributed by atoms with E-state index < -0.39 is 0 Å². The fraction of sp³-hybridized carbons (Fsp3) is 1.00. The molecule has 0 atom stereocenters. The van der Waals surface area contributed by atoms with Gasteiger partial charge in [-0.05, 0) is 28.3 Å². The lowest BCUT2D eigenvalue weighted by atomic mass is 10.0. The van der Waals surface area contributed by atoms with Gasteiger partial charge in [-0.2, -0.15) is 0 Å². The van der Waals surface area contributed by atoms with Gasteiger partial charge in [-0.3, -0.25) is 0 Å². The summed E-state index contributed by atoms with van der Waals surface area (Å²) in [6.45, 7) is 17.4. The molecule has 1 heterocycles. The molecule has 90 valence electrons. The summed E-state index contributed by atoms with van der Waals surface area (Å²) in [6.07, 6.45) is 5.73. The minimum Gasteiger partial charge on any atom is -0.0895 e. The van der Waals surface area contributed by atoms with E-state index in [0.717, 1.165) is 0 Å². The molecule has 1 heteroatoms. The number of rotatable bonds is 0. The van der Waals surface area contributed by atoms with Crippen LogP contribution in [0.5, 0.6) is 0 Å². The lowest BCUT2D eigenvalue weighted by Crippen LogP contribution is -2.36. The minimum atomic E-state index is 0.0741. The van der Waals surface area contributed by atoms with Crippen molar-refractivity contribution in [2.24, 2.45) is 0 Å². The standard InChI is InChI=1S/C14H29P/c1-12(2,3)15-13(4,5)10-8-9-11-14(15,6)7/h8-11H2,1-7H3. The Morgan fingerprint density at radius 1 is 0.800 bits per heavy atom. The van der Waals surface area contributed by atoms with Crippen LogP contribution in [0.15, 0.2) is 0 Å². The summed E-state index contributed by atoms with van der Waals surface area (Å²) in [5.41, 5.74) is 0. The average Bonchev–Trinajstić information content (AvgIpc) is 2.02. The van der Waals surface area contributed by atoms with Crippen molar-refractivity contribution in [3.63, 3.8) is 0 Å². The van der Waals surface area contributed by atoms with Gasteiger partial charge in [-0.25, -0.2) is 0 Å². The molecule has 1 aliphatic rings. The van der Waals surface area contributed by atoms with E-state index in [4.69, 9.17) is 0 Å². The third-order valence-corrected chi connectivity index (χ3v) is 7.92. The Bertz CT molecular complexity index is 202. The zero-order chi connectivity index (χ0) is 11.9. The molecule has 0 saturated carbocycles. The van der Waals surface area contributed by atoms with Crippen molar-refractivity contribution < 1.29 is 0 Å². The van der Waals surface area contributed by atoms with E-state index in [-0.39, 0.29) is 7.92 Å². The van der Waals surface area contributed by atoms with E-state index in [2.05, 4.69) is 48.5 Å². The van der Waals surface area contributed by atoms with E-state index in [1.54, 1.807) is 0 Å². The molecule has 0 N–H and O–H groups in total. The zero-order valence-electron chi connectivity index (χ0n) is 11.8. The Morgan fingerprint density at radius 2 is 1.13 bits per heavy atom. The molecule has 0 radical (unpaired) electrons. The molecule has 1 rings (SSSR count). The van der Waals surface area contributed by atoms with Crippen LogP contribution in [0.3, 0.4) is 0 Å². The first-order valence-electron chi connectivity index (χ1n) is 6.38. The summed E-state index contributed by atoms with van der Waals surface area (Å²) in [6, 6.07) is 0. The van der Waals surface area contributed by atoms with Crippen LogP contribution in [0.1, 0.15) is 74.1 Å². The van der Waals surface area contributed by atoms with Crippen LogP contribution in [0, 0.1) is 0 Å². The lowest BCUT2D eigenvalue weighted by molar-refractivity contribution is 0.563. The predicted octanol–water partition coefficient (Wildman–Crippen LogP) is 5.40. The first kappa shape index (κ1) is 13.5. The quantitative estimate of drug-likeness (QED) is 0.487. The monoisotopic (exact) mass is 228 g/mol. The maximum atomic E-state index is 2.51. The summed E-state index contributed by atoms with van der Waals surface area (Å²) in [5.74, 6) is 0. The highest BCUT2D eigenvalue weighted by Crippen LogP contribution is 2.70. The normalized spacial score (nSPS) is 27.4. The van der Waals surface area contributed by atoms with Gasteiger partial charge < -0.3 is 0 Å². The molecular formula is C14H29P. The Balaban J connectivity index is 3.10. The van der Waals surface area contributed by atoms with Gasteiger partial charge >= 0.3 is 0 Å². The first-order valence-corrected chi connectivity index (χ1v) is 7.72. The van der Waals surface area contributed by atoms with Crippen LogP contribution >= 0.6 is 7.92 Å². The second-order valence-electron chi connectivity index (χ2n) is 7.34. The van der Waals surface area contributed by atoms with Crippen LogP contribution < -0.4 is 0 Å². The fourth-order valence-corrected chi connectivity index (χ4v) is 10.0. The SMILES string of the molecule is CC(C)(C)P1C(C)(C)CCCCC1(C)C. The summed E-state index contributed by atoms with van der Waals surface area (Å²) in [5, 5.41) is 1.62. The van der Waals surface area contributed by atoms with Crippen LogP contribution in [0.4, 0.5) is 0 Å². The maximum absolute atomic E-state index is 2.51. The van der Waals surface area contributed by atoms with E-state index >= 15 is 0 Å². The number of hydrogen-bond acceptors (Lipinski definition) is 0. The van der Waals surface area contributed by atoms with Crippen LogP contribution in [-0.2, 0) is 0 Å². The van der Waals surface area contributed by atoms with Gasteiger partial charge in [0.2, 0.25) is 0 Å². The lowest BCUT2D eigenvalue weighted by Gasteiger charge is -2.51. The summed E-state index contributed by atoms with van der Waals surface area (Å²) in [7, 11) is 0.0741. The Kier molecular flexibility index (Phi) is 3.62. The summed E-state index contributed by atoms with van der Waals surface area (Å²) in [4.78, 5) is 0. The van der Waals surface area contributed by atoms with Gasteiger partial charge in [0.1, 0.15) is 0 Å². The van der Waals surface area contributed by atoms with E-state index in [9.17, 15) is 0 Å². The molecule has 0 aromatic heterocycles. The van der Waals surface area contributed by atoms with E-state index in [1.165, 1.54) is 25.7 Å².